The lowest BCUT2D eigenvalue weighted by atomic mass is 10.2. The monoisotopic (exact) mass is 183 g/mol. The van der Waals surface area contributed by atoms with Gasteiger partial charge in [-0.2, -0.15) is 0 Å². The van der Waals surface area contributed by atoms with Crippen molar-refractivity contribution in [3.05, 3.63) is 24.0 Å². The predicted molar refractivity (Wildman–Crippen MR) is 51.7 cm³/mol. The van der Waals surface area contributed by atoms with E-state index in [9.17, 15) is 4.39 Å². The van der Waals surface area contributed by atoms with Gasteiger partial charge in [-0.05, 0) is 26.0 Å². The Morgan fingerprint density at radius 2 is 2.08 bits per heavy atom. The lowest BCUT2D eigenvalue weighted by Crippen LogP contribution is -2.11. The van der Waals surface area contributed by atoms with Gasteiger partial charge in [-0.1, -0.05) is 6.07 Å². The summed E-state index contributed by atoms with van der Waals surface area (Å²) in [7, 11) is 1.46. The van der Waals surface area contributed by atoms with Crippen molar-refractivity contribution in [2.75, 3.05) is 12.4 Å². The van der Waals surface area contributed by atoms with Crippen molar-refractivity contribution in [2.45, 2.75) is 19.9 Å². The maximum atomic E-state index is 13.4. The second kappa shape index (κ2) is 4.12. The van der Waals surface area contributed by atoms with E-state index in [2.05, 4.69) is 5.32 Å². The molecule has 1 aromatic carbocycles. The summed E-state index contributed by atoms with van der Waals surface area (Å²) >= 11 is 0. The van der Waals surface area contributed by atoms with Gasteiger partial charge in [-0.25, -0.2) is 4.39 Å². The van der Waals surface area contributed by atoms with Crippen molar-refractivity contribution in [3.63, 3.8) is 0 Å². The fourth-order valence-electron chi connectivity index (χ4n) is 1.09. The maximum Gasteiger partial charge on any atom is 0.188 e. The molecule has 0 aliphatic heterocycles. The van der Waals surface area contributed by atoms with Crippen LogP contribution in [0.5, 0.6) is 5.75 Å². The van der Waals surface area contributed by atoms with Gasteiger partial charge in [0, 0.05) is 6.04 Å². The molecule has 3 heteroatoms. The zero-order valence-electron chi connectivity index (χ0n) is 8.10. The van der Waals surface area contributed by atoms with Crippen molar-refractivity contribution in [1.82, 2.24) is 0 Å². The lowest BCUT2D eigenvalue weighted by molar-refractivity contribution is 0.387. The Labute approximate surface area is 77.7 Å². The van der Waals surface area contributed by atoms with Crippen molar-refractivity contribution >= 4 is 5.69 Å². The van der Waals surface area contributed by atoms with E-state index >= 15 is 0 Å². The van der Waals surface area contributed by atoms with Gasteiger partial charge >= 0.3 is 0 Å². The van der Waals surface area contributed by atoms with E-state index in [1.54, 1.807) is 18.2 Å². The fourth-order valence-corrected chi connectivity index (χ4v) is 1.09. The average molecular weight is 183 g/mol. The van der Waals surface area contributed by atoms with Crippen molar-refractivity contribution < 1.29 is 9.13 Å². The number of anilines is 1. The standard InChI is InChI=1S/C10H14FNO/c1-7(2)12-8-5-4-6-9(13-3)10(8)11/h4-7,12H,1-3H3. The summed E-state index contributed by atoms with van der Waals surface area (Å²) in [5.74, 6) is -0.0654. The highest BCUT2D eigenvalue weighted by Gasteiger charge is 2.07. The molecule has 1 aromatic rings. The van der Waals surface area contributed by atoms with Crippen molar-refractivity contribution in [1.29, 1.82) is 0 Å². The van der Waals surface area contributed by atoms with Crippen LogP contribution in [-0.2, 0) is 0 Å². The van der Waals surface area contributed by atoms with Crippen LogP contribution in [0.3, 0.4) is 0 Å². The van der Waals surface area contributed by atoms with E-state index in [1.165, 1.54) is 7.11 Å². The second-order valence-corrected chi connectivity index (χ2v) is 3.12. The summed E-state index contributed by atoms with van der Waals surface area (Å²) in [4.78, 5) is 0. The van der Waals surface area contributed by atoms with E-state index in [-0.39, 0.29) is 17.6 Å². The van der Waals surface area contributed by atoms with Crippen molar-refractivity contribution in [2.24, 2.45) is 0 Å². The lowest BCUT2D eigenvalue weighted by Gasteiger charge is -2.12. The van der Waals surface area contributed by atoms with Crippen LogP contribution in [0.2, 0.25) is 0 Å². The molecule has 1 N–H and O–H groups in total. The van der Waals surface area contributed by atoms with Gasteiger partial charge in [0.25, 0.3) is 0 Å². The van der Waals surface area contributed by atoms with Gasteiger partial charge in [0.15, 0.2) is 11.6 Å². The molecule has 0 unspecified atom stereocenters. The summed E-state index contributed by atoms with van der Waals surface area (Å²) in [6.45, 7) is 3.91. The number of benzene rings is 1. The normalized spacial score (nSPS) is 10.2. The Kier molecular flexibility index (Phi) is 3.12. The first-order valence-corrected chi connectivity index (χ1v) is 4.24. The van der Waals surface area contributed by atoms with Crippen LogP contribution in [0.15, 0.2) is 18.2 Å². The maximum absolute atomic E-state index is 13.4. The Hall–Kier alpha value is -1.25. The summed E-state index contributed by atoms with van der Waals surface area (Å²) in [5, 5.41) is 2.99. The summed E-state index contributed by atoms with van der Waals surface area (Å²) < 4.78 is 18.3. The van der Waals surface area contributed by atoms with Crippen LogP contribution in [0.25, 0.3) is 0 Å². The third kappa shape index (κ3) is 2.34. The Bertz CT molecular complexity index is 286. The molecule has 13 heavy (non-hydrogen) atoms. The topological polar surface area (TPSA) is 21.3 Å². The molecule has 0 aliphatic carbocycles. The number of halogens is 1. The molecular formula is C10H14FNO. The number of rotatable bonds is 3. The Morgan fingerprint density at radius 3 is 2.62 bits per heavy atom. The molecule has 0 saturated carbocycles. The van der Waals surface area contributed by atoms with E-state index in [1.807, 2.05) is 13.8 Å². The van der Waals surface area contributed by atoms with Crippen LogP contribution >= 0.6 is 0 Å². The van der Waals surface area contributed by atoms with Gasteiger partial charge in [0.1, 0.15) is 0 Å². The number of methoxy groups -OCH3 is 1. The van der Waals surface area contributed by atoms with E-state index in [0.717, 1.165) is 0 Å². The molecule has 2 nitrogen and oxygen atoms in total. The average Bonchev–Trinajstić information content (AvgIpc) is 2.08. The number of ether oxygens (including phenoxy) is 1. The zero-order valence-corrected chi connectivity index (χ0v) is 8.10. The molecule has 0 aliphatic rings. The van der Waals surface area contributed by atoms with Gasteiger partial charge in [0.05, 0.1) is 12.8 Å². The summed E-state index contributed by atoms with van der Waals surface area (Å²) in [6.07, 6.45) is 0. The minimum Gasteiger partial charge on any atom is -0.494 e. The molecule has 0 heterocycles. The first-order chi connectivity index (χ1) is 6.15. The first kappa shape index (κ1) is 9.84. The van der Waals surface area contributed by atoms with E-state index in [0.29, 0.717) is 5.69 Å². The summed E-state index contributed by atoms with van der Waals surface area (Å²) in [6, 6.07) is 5.26. The van der Waals surface area contributed by atoms with Crippen LogP contribution in [0.1, 0.15) is 13.8 Å². The molecule has 0 amide bonds. The largest absolute Gasteiger partial charge is 0.494 e. The molecule has 0 bridgehead atoms. The van der Waals surface area contributed by atoms with Crippen LogP contribution < -0.4 is 10.1 Å². The smallest absolute Gasteiger partial charge is 0.188 e. The molecule has 1 rings (SSSR count). The number of hydrogen-bond acceptors (Lipinski definition) is 2. The third-order valence-electron chi connectivity index (χ3n) is 1.63. The number of hydrogen-bond donors (Lipinski definition) is 1. The molecule has 72 valence electrons. The van der Waals surface area contributed by atoms with Gasteiger partial charge in [0.2, 0.25) is 0 Å². The minimum absolute atomic E-state index is 0.210. The third-order valence-corrected chi connectivity index (χ3v) is 1.63. The quantitative estimate of drug-likeness (QED) is 0.777. The van der Waals surface area contributed by atoms with Gasteiger partial charge < -0.3 is 10.1 Å². The van der Waals surface area contributed by atoms with Crippen LogP contribution in [0, 0.1) is 5.82 Å². The van der Waals surface area contributed by atoms with Crippen LogP contribution in [0.4, 0.5) is 10.1 Å². The fraction of sp³-hybridized carbons (Fsp3) is 0.400. The minimum atomic E-state index is -0.335. The zero-order chi connectivity index (χ0) is 9.84. The second-order valence-electron chi connectivity index (χ2n) is 3.12. The molecule has 0 radical (unpaired) electrons. The predicted octanol–water partition coefficient (Wildman–Crippen LogP) is 2.65. The summed E-state index contributed by atoms with van der Waals surface area (Å²) in [5.41, 5.74) is 0.481. The Morgan fingerprint density at radius 1 is 1.38 bits per heavy atom. The molecule has 0 aromatic heterocycles. The highest BCUT2D eigenvalue weighted by molar-refractivity contribution is 5.50. The van der Waals surface area contributed by atoms with E-state index in [4.69, 9.17) is 4.74 Å². The van der Waals surface area contributed by atoms with E-state index < -0.39 is 0 Å². The molecular weight excluding hydrogens is 169 g/mol. The molecule has 0 fully saturated rings. The number of nitrogens with one attached hydrogen (secondary N) is 1. The van der Waals surface area contributed by atoms with Gasteiger partial charge in [-0.3, -0.25) is 0 Å². The van der Waals surface area contributed by atoms with Gasteiger partial charge in [-0.15, -0.1) is 0 Å². The van der Waals surface area contributed by atoms with Crippen molar-refractivity contribution in [3.8, 4) is 5.75 Å². The molecule has 0 spiro atoms. The highest BCUT2D eigenvalue weighted by atomic mass is 19.1. The molecule has 0 saturated heterocycles. The SMILES string of the molecule is COc1cccc(NC(C)C)c1F. The van der Waals surface area contributed by atoms with Crippen LogP contribution in [-0.4, -0.2) is 13.2 Å². The molecule has 0 atom stereocenters. The first-order valence-electron chi connectivity index (χ1n) is 4.24. The Balaban J connectivity index is 2.94. The highest BCUT2D eigenvalue weighted by Crippen LogP contribution is 2.24.